The molecule has 0 atom stereocenters. The molecule has 1 heterocycles. The standard InChI is InChI=1S/C22H28N2O4/c1-3-27-20-10-7-18(15-21(20)28-4-2)22(25)23-16-17-5-8-19(9-6-17)24-11-13-26-14-12-24/h5-10,15H,3-4,11-14,16H2,1-2H3,(H,23,25). The van der Waals surface area contributed by atoms with Crippen LogP contribution < -0.4 is 19.7 Å². The predicted molar refractivity (Wildman–Crippen MR) is 109 cm³/mol. The van der Waals surface area contributed by atoms with E-state index in [2.05, 4.69) is 34.5 Å². The highest BCUT2D eigenvalue weighted by Gasteiger charge is 2.13. The molecule has 3 rings (SSSR count). The van der Waals surface area contributed by atoms with Crippen molar-refractivity contribution in [1.29, 1.82) is 0 Å². The maximum Gasteiger partial charge on any atom is 0.251 e. The summed E-state index contributed by atoms with van der Waals surface area (Å²) < 4.78 is 16.5. The molecule has 2 aromatic rings. The van der Waals surface area contributed by atoms with E-state index in [9.17, 15) is 4.79 Å². The SMILES string of the molecule is CCOc1ccc(C(=O)NCc2ccc(N3CCOCC3)cc2)cc1OCC. The summed E-state index contributed by atoms with van der Waals surface area (Å²) in [5.41, 5.74) is 2.80. The molecule has 6 heteroatoms. The van der Waals surface area contributed by atoms with Crippen molar-refractivity contribution in [2.75, 3.05) is 44.4 Å². The van der Waals surface area contributed by atoms with Crippen molar-refractivity contribution in [3.63, 3.8) is 0 Å². The number of rotatable bonds is 8. The van der Waals surface area contributed by atoms with Crippen LogP contribution in [0.2, 0.25) is 0 Å². The lowest BCUT2D eigenvalue weighted by Gasteiger charge is -2.28. The molecule has 0 aliphatic carbocycles. The number of hydrogen-bond donors (Lipinski definition) is 1. The van der Waals surface area contributed by atoms with Gasteiger partial charge in [0, 0.05) is 30.9 Å². The number of anilines is 1. The van der Waals surface area contributed by atoms with Crippen LogP contribution in [0.15, 0.2) is 42.5 Å². The Hall–Kier alpha value is -2.73. The lowest BCUT2D eigenvalue weighted by Crippen LogP contribution is -2.36. The number of amides is 1. The van der Waals surface area contributed by atoms with Crippen LogP contribution in [0.1, 0.15) is 29.8 Å². The first-order valence-electron chi connectivity index (χ1n) is 9.80. The Bertz CT molecular complexity index is 771. The second-order valence-electron chi connectivity index (χ2n) is 6.48. The number of morpholine rings is 1. The second kappa shape index (κ2) is 9.99. The van der Waals surface area contributed by atoms with Crippen LogP contribution in [0.4, 0.5) is 5.69 Å². The number of carbonyl (C=O) groups excluding carboxylic acids is 1. The molecule has 1 aliphatic rings. The first kappa shape index (κ1) is 20.0. The van der Waals surface area contributed by atoms with Gasteiger partial charge in [-0.2, -0.15) is 0 Å². The van der Waals surface area contributed by atoms with E-state index in [1.54, 1.807) is 18.2 Å². The number of nitrogens with one attached hydrogen (secondary N) is 1. The van der Waals surface area contributed by atoms with E-state index in [4.69, 9.17) is 14.2 Å². The third-order valence-corrected chi connectivity index (χ3v) is 4.57. The zero-order chi connectivity index (χ0) is 19.8. The van der Waals surface area contributed by atoms with Gasteiger partial charge in [0.05, 0.1) is 26.4 Å². The van der Waals surface area contributed by atoms with E-state index in [1.165, 1.54) is 5.69 Å². The second-order valence-corrected chi connectivity index (χ2v) is 6.48. The summed E-state index contributed by atoms with van der Waals surface area (Å²) in [7, 11) is 0. The van der Waals surface area contributed by atoms with Gasteiger partial charge in [0.2, 0.25) is 0 Å². The van der Waals surface area contributed by atoms with Gasteiger partial charge in [-0.3, -0.25) is 4.79 Å². The smallest absolute Gasteiger partial charge is 0.251 e. The van der Waals surface area contributed by atoms with Gasteiger partial charge in [0.1, 0.15) is 0 Å². The number of nitrogens with zero attached hydrogens (tertiary/aromatic N) is 1. The number of benzene rings is 2. The third kappa shape index (κ3) is 5.16. The monoisotopic (exact) mass is 384 g/mol. The summed E-state index contributed by atoms with van der Waals surface area (Å²) in [5, 5.41) is 2.97. The predicted octanol–water partition coefficient (Wildman–Crippen LogP) is 3.25. The average molecular weight is 384 g/mol. The Balaban J connectivity index is 1.59. The fourth-order valence-electron chi connectivity index (χ4n) is 3.12. The third-order valence-electron chi connectivity index (χ3n) is 4.57. The van der Waals surface area contributed by atoms with Crippen LogP contribution in [0, 0.1) is 0 Å². The highest BCUT2D eigenvalue weighted by Crippen LogP contribution is 2.28. The summed E-state index contributed by atoms with van der Waals surface area (Å²) in [6.07, 6.45) is 0. The summed E-state index contributed by atoms with van der Waals surface area (Å²) in [5.74, 6) is 1.10. The highest BCUT2D eigenvalue weighted by atomic mass is 16.5. The fourth-order valence-corrected chi connectivity index (χ4v) is 3.12. The van der Waals surface area contributed by atoms with E-state index >= 15 is 0 Å². The van der Waals surface area contributed by atoms with Crippen molar-refractivity contribution in [1.82, 2.24) is 5.32 Å². The van der Waals surface area contributed by atoms with Crippen molar-refractivity contribution >= 4 is 11.6 Å². The summed E-state index contributed by atoms with van der Waals surface area (Å²) in [6, 6.07) is 13.5. The first-order valence-corrected chi connectivity index (χ1v) is 9.80. The Morgan fingerprint density at radius 2 is 1.68 bits per heavy atom. The molecule has 0 saturated carbocycles. The van der Waals surface area contributed by atoms with Gasteiger partial charge < -0.3 is 24.4 Å². The van der Waals surface area contributed by atoms with Gasteiger partial charge in [-0.25, -0.2) is 0 Å². The minimum atomic E-state index is -0.138. The van der Waals surface area contributed by atoms with E-state index < -0.39 is 0 Å². The lowest BCUT2D eigenvalue weighted by molar-refractivity contribution is 0.0950. The van der Waals surface area contributed by atoms with Gasteiger partial charge >= 0.3 is 0 Å². The van der Waals surface area contributed by atoms with Crippen molar-refractivity contribution in [2.45, 2.75) is 20.4 Å². The van der Waals surface area contributed by atoms with Crippen molar-refractivity contribution in [3.05, 3.63) is 53.6 Å². The topological polar surface area (TPSA) is 60.0 Å². The zero-order valence-corrected chi connectivity index (χ0v) is 16.6. The highest BCUT2D eigenvalue weighted by molar-refractivity contribution is 5.94. The van der Waals surface area contributed by atoms with Gasteiger partial charge in [-0.15, -0.1) is 0 Å². The van der Waals surface area contributed by atoms with Gasteiger partial charge in [-0.1, -0.05) is 12.1 Å². The largest absolute Gasteiger partial charge is 0.490 e. The minimum absolute atomic E-state index is 0.138. The van der Waals surface area contributed by atoms with E-state index in [-0.39, 0.29) is 5.91 Å². The Morgan fingerprint density at radius 3 is 2.36 bits per heavy atom. The molecule has 1 N–H and O–H groups in total. The minimum Gasteiger partial charge on any atom is -0.490 e. The molecule has 1 saturated heterocycles. The van der Waals surface area contributed by atoms with Crippen LogP contribution >= 0.6 is 0 Å². The normalized spacial score (nSPS) is 13.9. The molecule has 2 aromatic carbocycles. The zero-order valence-electron chi connectivity index (χ0n) is 16.6. The molecule has 0 bridgehead atoms. The van der Waals surface area contributed by atoms with Gasteiger partial charge in [-0.05, 0) is 49.7 Å². The van der Waals surface area contributed by atoms with Crippen LogP contribution in [-0.4, -0.2) is 45.4 Å². The van der Waals surface area contributed by atoms with E-state index in [1.807, 2.05) is 13.8 Å². The Morgan fingerprint density at radius 1 is 1.00 bits per heavy atom. The number of ether oxygens (including phenoxy) is 3. The molecular formula is C22H28N2O4. The van der Waals surface area contributed by atoms with Gasteiger partial charge in [0.15, 0.2) is 11.5 Å². The summed E-state index contributed by atoms with van der Waals surface area (Å²) in [6.45, 7) is 8.72. The average Bonchev–Trinajstić information content (AvgIpc) is 2.74. The molecule has 1 amide bonds. The molecular weight excluding hydrogens is 356 g/mol. The van der Waals surface area contributed by atoms with Crippen LogP contribution in [0.3, 0.4) is 0 Å². The van der Waals surface area contributed by atoms with E-state index in [0.717, 1.165) is 31.9 Å². The molecule has 150 valence electrons. The van der Waals surface area contributed by atoms with Crippen LogP contribution in [0.5, 0.6) is 11.5 Å². The summed E-state index contributed by atoms with van der Waals surface area (Å²) >= 11 is 0. The van der Waals surface area contributed by atoms with Crippen molar-refractivity contribution < 1.29 is 19.0 Å². The Labute approximate surface area is 166 Å². The molecule has 28 heavy (non-hydrogen) atoms. The number of carbonyl (C=O) groups is 1. The van der Waals surface area contributed by atoms with Crippen LogP contribution in [0.25, 0.3) is 0 Å². The maximum absolute atomic E-state index is 12.5. The number of hydrogen-bond acceptors (Lipinski definition) is 5. The maximum atomic E-state index is 12.5. The molecule has 1 aliphatic heterocycles. The van der Waals surface area contributed by atoms with Crippen LogP contribution in [-0.2, 0) is 11.3 Å². The first-order chi connectivity index (χ1) is 13.7. The van der Waals surface area contributed by atoms with Crippen molar-refractivity contribution in [2.24, 2.45) is 0 Å². The van der Waals surface area contributed by atoms with Crippen molar-refractivity contribution in [3.8, 4) is 11.5 Å². The molecule has 0 aromatic heterocycles. The fraction of sp³-hybridized carbons (Fsp3) is 0.409. The molecule has 1 fully saturated rings. The van der Waals surface area contributed by atoms with E-state index in [0.29, 0.717) is 36.8 Å². The Kier molecular flexibility index (Phi) is 7.14. The molecule has 0 unspecified atom stereocenters. The quantitative estimate of drug-likeness (QED) is 0.757. The molecule has 0 radical (unpaired) electrons. The molecule has 6 nitrogen and oxygen atoms in total. The summed E-state index contributed by atoms with van der Waals surface area (Å²) in [4.78, 5) is 14.8. The lowest BCUT2D eigenvalue weighted by atomic mass is 10.1. The molecule has 0 spiro atoms. The van der Waals surface area contributed by atoms with Gasteiger partial charge in [0.25, 0.3) is 5.91 Å².